The van der Waals surface area contributed by atoms with Crippen LogP contribution in [0.15, 0.2) is 42.6 Å². The average molecular weight is 372 g/mol. The summed E-state index contributed by atoms with van der Waals surface area (Å²) in [6.07, 6.45) is 2.39. The lowest BCUT2D eigenvalue weighted by Gasteiger charge is -2.21. The van der Waals surface area contributed by atoms with Gasteiger partial charge in [-0.2, -0.15) is 0 Å². The minimum absolute atomic E-state index is 0.158. The maximum Gasteiger partial charge on any atom is 0.293 e. The number of nitrogens with one attached hydrogen (secondary N) is 1. The Morgan fingerprint density at radius 2 is 2.11 bits per heavy atom. The zero-order valence-corrected chi connectivity index (χ0v) is 15.5. The topological polar surface area (TPSA) is 109 Å². The van der Waals surface area contributed by atoms with Crippen molar-refractivity contribution < 1.29 is 14.8 Å². The van der Waals surface area contributed by atoms with Crippen molar-refractivity contribution in [3.8, 4) is 0 Å². The smallest absolute Gasteiger partial charge is 0.293 e. The average Bonchev–Trinajstić information content (AvgIpc) is 2.68. The first-order valence-corrected chi connectivity index (χ1v) is 8.84. The molecule has 0 aliphatic rings. The second-order valence-corrected chi connectivity index (χ2v) is 6.13. The summed E-state index contributed by atoms with van der Waals surface area (Å²) in [5.74, 6) is -0.335. The highest BCUT2D eigenvalue weighted by Gasteiger charge is 2.22. The standard InChI is InChI=1S/C19H24N4O4/c1-3-10-22(11-12-24)19(25)15-7-8-17(18(13-15)23(26)27)21-14(2)16-6-4-5-9-20-16/h4-9,13-14,21,24H,3,10-12H2,1-2H3. The van der Waals surface area contributed by atoms with Crippen molar-refractivity contribution in [3.05, 3.63) is 64.0 Å². The van der Waals surface area contributed by atoms with Crippen molar-refractivity contribution in [2.45, 2.75) is 26.3 Å². The summed E-state index contributed by atoms with van der Waals surface area (Å²) in [5.41, 5.74) is 1.12. The third-order valence-electron chi connectivity index (χ3n) is 4.10. The molecule has 0 spiro atoms. The van der Waals surface area contributed by atoms with E-state index in [1.54, 1.807) is 18.3 Å². The molecular weight excluding hydrogens is 348 g/mol. The predicted molar refractivity (Wildman–Crippen MR) is 103 cm³/mol. The molecule has 2 rings (SSSR count). The van der Waals surface area contributed by atoms with Gasteiger partial charge in [0.25, 0.3) is 11.6 Å². The minimum Gasteiger partial charge on any atom is -0.395 e. The molecular formula is C19H24N4O4. The zero-order valence-electron chi connectivity index (χ0n) is 15.5. The maximum atomic E-state index is 12.6. The van der Waals surface area contributed by atoms with E-state index in [9.17, 15) is 14.9 Å². The van der Waals surface area contributed by atoms with Crippen LogP contribution < -0.4 is 5.32 Å². The number of nitro groups is 1. The van der Waals surface area contributed by atoms with Gasteiger partial charge in [-0.05, 0) is 37.6 Å². The van der Waals surface area contributed by atoms with E-state index in [-0.39, 0.29) is 36.4 Å². The number of rotatable bonds is 9. The number of anilines is 1. The fourth-order valence-electron chi connectivity index (χ4n) is 2.77. The summed E-state index contributed by atoms with van der Waals surface area (Å²) in [5, 5.41) is 23.7. The Morgan fingerprint density at radius 1 is 1.33 bits per heavy atom. The molecule has 8 heteroatoms. The first-order valence-electron chi connectivity index (χ1n) is 8.84. The number of aliphatic hydroxyl groups is 1. The number of hydrogen-bond acceptors (Lipinski definition) is 6. The minimum atomic E-state index is -0.513. The summed E-state index contributed by atoms with van der Waals surface area (Å²) in [4.78, 5) is 29.4. The van der Waals surface area contributed by atoms with Gasteiger partial charge in [0.15, 0.2) is 0 Å². The largest absolute Gasteiger partial charge is 0.395 e. The molecule has 1 atom stereocenters. The molecule has 0 radical (unpaired) electrons. The summed E-state index contributed by atoms with van der Waals surface area (Å²) in [7, 11) is 0. The first kappa shape index (κ1) is 20.3. The Hall–Kier alpha value is -3.00. The van der Waals surface area contributed by atoms with Crippen LogP contribution in [0, 0.1) is 10.1 Å². The van der Waals surface area contributed by atoms with Crippen LogP contribution in [-0.2, 0) is 0 Å². The number of aromatic nitrogens is 1. The fraction of sp³-hybridized carbons (Fsp3) is 0.368. The van der Waals surface area contributed by atoms with Gasteiger partial charge in [0.2, 0.25) is 0 Å². The molecule has 1 aromatic heterocycles. The summed E-state index contributed by atoms with van der Waals surface area (Å²) in [6, 6.07) is 9.61. The van der Waals surface area contributed by atoms with Crippen LogP contribution in [0.4, 0.5) is 11.4 Å². The molecule has 1 heterocycles. The molecule has 0 saturated heterocycles. The number of carbonyl (C=O) groups is 1. The third kappa shape index (κ3) is 5.24. The lowest BCUT2D eigenvalue weighted by atomic mass is 10.1. The van der Waals surface area contributed by atoms with E-state index >= 15 is 0 Å². The van der Waals surface area contributed by atoms with Crippen molar-refractivity contribution in [2.75, 3.05) is 25.0 Å². The van der Waals surface area contributed by atoms with Gasteiger partial charge in [-0.25, -0.2) is 0 Å². The van der Waals surface area contributed by atoms with E-state index in [1.165, 1.54) is 17.0 Å². The molecule has 2 aromatic rings. The van der Waals surface area contributed by atoms with Gasteiger partial charge in [-0.3, -0.25) is 19.9 Å². The van der Waals surface area contributed by atoms with E-state index < -0.39 is 4.92 Å². The number of pyridine rings is 1. The van der Waals surface area contributed by atoms with Gasteiger partial charge < -0.3 is 15.3 Å². The van der Waals surface area contributed by atoms with E-state index in [2.05, 4.69) is 10.3 Å². The number of nitrogens with zero attached hydrogens (tertiary/aromatic N) is 3. The van der Waals surface area contributed by atoms with E-state index in [0.717, 1.165) is 12.1 Å². The molecule has 1 amide bonds. The molecule has 1 unspecified atom stereocenters. The molecule has 1 aromatic carbocycles. The van der Waals surface area contributed by atoms with Gasteiger partial charge in [-0.15, -0.1) is 0 Å². The number of benzene rings is 1. The van der Waals surface area contributed by atoms with Crippen LogP contribution >= 0.6 is 0 Å². The van der Waals surface area contributed by atoms with Crippen molar-refractivity contribution in [2.24, 2.45) is 0 Å². The Kier molecular flexibility index (Phi) is 7.25. The molecule has 8 nitrogen and oxygen atoms in total. The second kappa shape index (κ2) is 9.63. The normalized spacial score (nSPS) is 11.7. The van der Waals surface area contributed by atoms with E-state index in [4.69, 9.17) is 5.11 Å². The first-order chi connectivity index (χ1) is 13.0. The second-order valence-electron chi connectivity index (χ2n) is 6.13. The maximum absolute atomic E-state index is 12.6. The monoisotopic (exact) mass is 372 g/mol. The Morgan fingerprint density at radius 3 is 2.70 bits per heavy atom. The van der Waals surface area contributed by atoms with Gasteiger partial charge in [0.1, 0.15) is 5.69 Å². The number of carbonyl (C=O) groups excluding carboxylic acids is 1. The third-order valence-corrected chi connectivity index (χ3v) is 4.10. The lowest BCUT2D eigenvalue weighted by molar-refractivity contribution is -0.384. The number of hydrogen-bond donors (Lipinski definition) is 2. The molecule has 0 aliphatic carbocycles. The van der Waals surface area contributed by atoms with Crippen molar-refractivity contribution in [1.29, 1.82) is 0 Å². The highest BCUT2D eigenvalue weighted by Crippen LogP contribution is 2.29. The van der Waals surface area contributed by atoms with Crippen LogP contribution in [0.25, 0.3) is 0 Å². The van der Waals surface area contributed by atoms with Crippen LogP contribution in [0.2, 0.25) is 0 Å². The molecule has 144 valence electrons. The molecule has 2 N–H and O–H groups in total. The van der Waals surface area contributed by atoms with Crippen LogP contribution in [0.3, 0.4) is 0 Å². The Balaban J connectivity index is 2.28. The Bertz CT molecular complexity index is 777. The zero-order chi connectivity index (χ0) is 19.8. The number of amides is 1. The van der Waals surface area contributed by atoms with Crippen molar-refractivity contribution in [1.82, 2.24) is 9.88 Å². The number of nitro benzene ring substituents is 1. The van der Waals surface area contributed by atoms with Crippen LogP contribution in [-0.4, -0.2) is 45.5 Å². The highest BCUT2D eigenvalue weighted by molar-refractivity contribution is 5.95. The Labute approximate surface area is 158 Å². The SMILES string of the molecule is CCCN(CCO)C(=O)c1ccc(NC(C)c2ccccn2)c([N+](=O)[O-])c1. The predicted octanol–water partition coefficient (Wildman–Crippen LogP) is 3.01. The van der Waals surface area contributed by atoms with Gasteiger partial charge in [-0.1, -0.05) is 13.0 Å². The summed E-state index contributed by atoms with van der Waals surface area (Å²) < 4.78 is 0. The molecule has 0 aliphatic heterocycles. The van der Waals surface area contributed by atoms with Crippen LogP contribution in [0.5, 0.6) is 0 Å². The van der Waals surface area contributed by atoms with Gasteiger partial charge in [0.05, 0.1) is 23.3 Å². The van der Waals surface area contributed by atoms with Crippen molar-refractivity contribution >= 4 is 17.3 Å². The number of aliphatic hydroxyl groups excluding tert-OH is 1. The highest BCUT2D eigenvalue weighted by atomic mass is 16.6. The molecule has 27 heavy (non-hydrogen) atoms. The van der Waals surface area contributed by atoms with E-state index in [0.29, 0.717) is 12.2 Å². The lowest BCUT2D eigenvalue weighted by Crippen LogP contribution is -2.34. The van der Waals surface area contributed by atoms with Gasteiger partial charge in [0, 0.05) is 30.9 Å². The summed E-state index contributed by atoms with van der Waals surface area (Å²) >= 11 is 0. The molecule has 0 bridgehead atoms. The fourth-order valence-corrected chi connectivity index (χ4v) is 2.77. The quantitative estimate of drug-likeness (QED) is 0.517. The molecule has 0 fully saturated rings. The van der Waals surface area contributed by atoms with Crippen LogP contribution in [0.1, 0.15) is 42.4 Å². The summed E-state index contributed by atoms with van der Waals surface area (Å²) in [6.45, 7) is 4.29. The van der Waals surface area contributed by atoms with E-state index in [1.807, 2.05) is 26.0 Å². The van der Waals surface area contributed by atoms with Gasteiger partial charge >= 0.3 is 0 Å². The molecule has 0 saturated carbocycles. The van der Waals surface area contributed by atoms with Crippen molar-refractivity contribution in [3.63, 3.8) is 0 Å².